The van der Waals surface area contributed by atoms with E-state index < -0.39 is 22.7 Å². The molecule has 1 saturated heterocycles. The van der Waals surface area contributed by atoms with Crippen LogP contribution in [0.5, 0.6) is 17.2 Å². The predicted molar refractivity (Wildman–Crippen MR) is 170 cm³/mol. The van der Waals surface area contributed by atoms with Crippen molar-refractivity contribution in [1.82, 2.24) is 19.9 Å². The van der Waals surface area contributed by atoms with Gasteiger partial charge in [0.05, 0.1) is 25.3 Å². The highest BCUT2D eigenvalue weighted by atomic mass is 35.5. The lowest BCUT2D eigenvalue weighted by molar-refractivity contribution is 0.122. The zero-order valence-corrected chi connectivity index (χ0v) is 26.8. The highest BCUT2D eigenvalue weighted by molar-refractivity contribution is 7.92. The summed E-state index contributed by atoms with van der Waals surface area (Å²) in [6.07, 6.45) is 2.19. The van der Waals surface area contributed by atoms with Gasteiger partial charge in [0.2, 0.25) is 5.95 Å². The Bertz CT molecular complexity index is 1770. The van der Waals surface area contributed by atoms with Gasteiger partial charge in [-0.1, -0.05) is 37.6 Å². The van der Waals surface area contributed by atoms with Gasteiger partial charge in [0.15, 0.2) is 16.6 Å². The molecule has 0 spiro atoms. The Morgan fingerprint density at radius 2 is 1.89 bits per heavy atom. The van der Waals surface area contributed by atoms with Gasteiger partial charge in [-0.25, -0.2) is 19.7 Å². The fourth-order valence-electron chi connectivity index (χ4n) is 4.24. The number of hydrogen-bond acceptors (Lipinski definition) is 12. The number of aromatic nitrogens is 4. The zero-order chi connectivity index (χ0) is 32.7. The first kappa shape index (κ1) is 32.7. The minimum Gasteiger partial charge on any atom is -0.497 e. The van der Waals surface area contributed by atoms with Gasteiger partial charge < -0.3 is 23.8 Å². The van der Waals surface area contributed by atoms with Crippen molar-refractivity contribution in [2.45, 2.75) is 31.4 Å². The number of pyridine rings is 2. The van der Waals surface area contributed by atoms with Gasteiger partial charge >= 0.3 is 6.09 Å². The monoisotopic (exact) mass is 669 g/mol. The van der Waals surface area contributed by atoms with Crippen LogP contribution < -0.4 is 24.4 Å². The quantitative estimate of drug-likeness (QED) is 0.214. The molecule has 0 aliphatic carbocycles. The van der Waals surface area contributed by atoms with Gasteiger partial charge in [0, 0.05) is 31.5 Å². The first-order valence-electron chi connectivity index (χ1n) is 14.2. The third-order valence-corrected chi connectivity index (χ3v) is 8.30. The van der Waals surface area contributed by atoms with Crippen molar-refractivity contribution in [1.29, 1.82) is 0 Å². The van der Waals surface area contributed by atoms with E-state index in [4.69, 9.17) is 30.5 Å². The smallest absolute Gasteiger partial charge is 0.413 e. The van der Waals surface area contributed by atoms with Gasteiger partial charge in [0.25, 0.3) is 10.0 Å². The number of ether oxygens (including phenoxy) is 4. The number of benzene rings is 1. The number of halogens is 1. The second kappa shape index (κ2) is 14.6. The molecule has 46 heavy (non-hydrogen) atoms. The lowest BCUT2D eigenvalue weighted by Crippen LogP contribution is -2.37. The summed E-state index contributed by atoms with van der Waals surface area (Å²) in [5.74, 6) is 0.747. The van der Waals surface area contributed by atoms with E-state index >= 15 is 0 Å². The van der Waals surface area contributed by atoms with Gasteiger partial charge in [-0.15, -0.1) is 0 Å². The molecule has 16 heteroatoms. The van der Waals surface area contributed by atoms with Crippen molar-refractivity contribution in [3.63, 3.8) is 0 Å². The molecular weight excluding hydrogens is 638 g/mol. The molecule has 1 amide bonds. The number of amides is 1. The highest BCUT2D eigenvalue weighted by Crippen LogP contribution is 2.39. The maximum absolute atomic E-state index is 13.7. The summed E-state index contributed by atoms with van der Waals surface area (Å²) in [5.41, 5.74) is 0.919. The summed E-state index contributed by atoms with van der Waals surface area (Å²) in [4.78, 5) is 31.9. The molecule has 1 fully saturated rings. The van der Waals surface area contributed by atoms with Gasteiger partial charge in [-0.05, 0) is 41.8 Å². The minimum atomic E-state index is -4.29. The molecule has 2 N–H and O–H groups in total. The Balaban J connectivity index is 1.57. The number of morpholine rings is 1. The number of anilines is 3. The molecular formula is C30H32ClN7O7S. The molecule has 4 heterocycles. The number of sulfonamides is 1. The molecule has 0 bridgehead atoms. The number of hydrogen-bond donors (Lipinski definition) is 2. The van der Waals surface area contributed by atoms with Crippen molar-refractivity contribution in [3.8, 4) is 17.2 Å². The topological polar surface area (TPSA) is 167 Å². The minimum absolute atomic E-state index is 0.0485. The fourth-order valence-corrected chi connectivity index (χ4v) is 5.34. The Labute approximate surface area is 271 Å². The van der Waals surface area contributed by atoms with Crippen molar-refractivity contribution in [3.05, 3.63) is 77.2 Å². The first-order chi connectivity index (χ1) is 22.1. The van der Waals surface area contributed by atoms with E-state index in [2.05, 4.69) is 30.0 Å². The molecule has 1 aromatic carbocycles. The molecule has 0 radical (unpaired) electrons. The Hall–Kier alpha value is -4.73. The van der Waals surface area contributed by atoms with Crippen molar-refractivity contribution < 1.29 is 32.2 Å². The van der Waals surface area contributed by atoms with E-state index in [1.165, 1.54) is 31.6 Å². The number of nitrogens with zero attached hydrogens (tertiary/aromatic N) is 5. The van der Waals surface area contributed by atoms with Crippen LogP contribution in [0.3, 0.4) is 0 Å². The van der Waals surface area contributed by atoms with Gasteiger partial charge in [0.1, 0.15) is 29.6 Å². The molecule has 242 valence electrons. The third-order valence-electron chi connectivity index (χ3n) is 6.74. The van der Waals surface area contributed by atoms with E-state index in [0.717, 1.165) is 5.56 Å². The van der Waals surface area contributed by atoms with Crippen LogP contribution in [0.25, 0.3) is 0 Å². The molecule has 0 atom stereocenters. The van der Waals surface area contributed by atoms with E-state index in [1.54, 1.807) is 36.4 Å². The van der Waals surface area contributed by atoms with Crippen LogP contribution in [-0.2, 0) is 26.1 Å². The Kier molecular flexibility index (Phi) is 10.3. The number of methoxy groups -OCH3 is 1. The van der Waals surface area contributed by atoms with Crippen LogP contribution in [-0.4, -0.2) is 67.9 Å². The van der Waals surface area contributed by atoms with E-state index in [0.29, 0.717) is 32.1 Å². The van der Waals surface area contributed by atoms with Gasteiger partial charge in [-0.3, -0.25) is 10.0 Å². The Morgan fingerprint density at radius 3 is 2.57 bits per heavy atom. The SMILES string of the molecule is COc1ccc(Cl)c(Oc2c(COC(=O)Nc3ccccn3)nc(N3CCOCC3)nc2NS(=O)(=O)c2ccc(C(C)C)cn2)c1. The molecule has 0 unspecified atom stereocenters. The lowest BCUT2D eigenvalue weighted by atomic mass is 10.1. The number of carbonyl (C=O) groups excluding carboxylic acids is 1. The highest BCUT2D eigenvalue weighted by Gasteiger charge is 2.27. The Morgan fingerprint density at radius 1 is 1.09 bits per heavy atom. The van der Waals surface area contributed by atoms with Crippen LogP contribution in [0.4, 0.5) is 22.4 Å². The molecule has 5 rings (SSSR count). The number of nitrogens with one attached hydrogen (secondary N) is 2. The predicted octanol–water partition coefficient (Wildman–Crippen LogP) is 5.23. The van der Waals surface area contributed by atoms with Gasteiger partial charge in [-0.2, -0.15) is 13.4 Å². The normalized spacial score (nSPS) is 13.3. The largest absolute Gasteiger partial charge is 0.497 e. The molecule has 1 aliphatic rings. The summed E-state index contributed by atoms with van der Waals surface area (Å²) < 4.78 is 52.3. The zero-order valence-electron chi connectivity index (χ0n) is 25.3. The average molecular weight is 670 g/mol. The van der Waals surface area contributed by atoms with Crippen LogP contribution in [0, 0.1) is 0 Å². The second-order valence-corrected chi connectivity index (χ2v) is 12.3. The molecule has 1 aliphatic heterocycles. The van der Waals surface area contributed by atoms with Crippen molar-refractivity contribution in [2.75, 3.05) is 48.4 Å². The third kappa shape index (κ3) is 8.10. The molecule has 3 aromatic heterocycles. The second-order valence-electron chi connectivity index (χ2n) is 10.3. The van der Waals surface area contributed by atoms with E-state index in [-0.39, 0.29) is 50.7 Å². The van der Waals surface area contributed by atoms with Crippen molar-refractivity contribution >= 4 is 45.3 Å². The van der Waals surface area contributed by atoms with E-state index in [9.17, 15) is 13.2 Å². The van der Waals surface area contributed by atoms with Crippen LogP contribution in [0.2, 0.25) is 5.02 Å². The number of rotatable bonds is 11. The average Bonchev–Trinajstić information content (AvgIpc) is 3.06. The van der Waals surface area contributed by atoms with Crippen LogP contribution in [0.1, 0.15) is 31.0 Å². The summed E-state index contributed by atoms with van der Waals surface area (Å²) in [7, 11) is -2.81. The van der Waals surface area contributed by atoms with Crippen LogP contribution in [0.15, 0.2) is 66.0 Å². The summed E-state index contributed by atoms with van der Waals surface area (Å²) in [6.45, 7) is 5.21. The maximum Gasteiger partial charge on any atom is 0.413 e. The summed E-state index contributed by atoms with van der Waals surface area (Å²) >= 11 is 6.45. The molecule has 4 aromatic rings. The molecule has 14 nitrogen and oxygen atoms in total. The summed E-state index contributed by atoms with van der Waals surface area (Å²) in [6, 6.07) is 12.8. The summed E-state index contributed by atoms with van der Waals surface area (Å²) in [5, 5.41) is 2.49. The number of carbonyl (C=O) groups is 1. The standard InChI is InChI=1S/C30H32ClN7O7S/c1-19(2)20-7-10-26(33-17-20)46(40,41)37-28-27(45-24-16-21(42-3)8-9-22(24)31)23(34-29(36-28)38-12-14-43-15-13-38)18-44-30(39)35-25-6-4-5-11-32-25/h4-11,16-17,19H,12-15,18H2,1-3H3,(H,32,35,39)(H,34,36,37). The van der Waals surface area contributed by atoms with Crippen LogP contribution >= 0.6 is 11.6 Å². The first-order valence-corrected chi connectivity index (χ1v) is 16.1. The fraction of sp³-hybridized carbons (Fsp3) is 0.300. The van der Waals surface area contributed by atoms with Crippen molar-refractivity contribution in [2.24, 2.45) is 0 Å². The molecule has 0 saturated carbocycles. The van der Waals surface area contributed by atoms with E-state index in [1.807, 2.05) is 18.7 Å². The maximum atomic E-state index is 13.7. The lowest BCUT2D eigenvalue weighted by Gasteiger charge is -2.28.